The number of benzene rings is 5. The Hall–Kier alpha value is -8.90. The molecule has 0 saturated carbocycles. The molecular formula is C85H109ClN11O12Y-. The Morgan fingerprint density at radius 2 is 1.09 bits per heavy atom. The molecule has 1 radical (unpaired) electrons. The average Bonchev–Trinajstić information content (AvgIpc) is 1.56. The van der Waals surface area contributed by atoms with Gasteiger partial charge in [-0.3, -0.25) is 62.5 Å². The predicted octanol–water partition coefficient (Wildman–Crippen LogP) is 11.1. The number of nitrogens with two attached hydrogens (primary N) is 1. The molecule has 8 amide bonds. The van der Waals surface area contributed by atoms with E-state index in [1.807, 2.05) is 63.4 Å². The number of nitrogens with one attached hydrogen (secondary N) is 7. The molecule has 9 N–H and O–H groups in total. The van der Waals surface area contributed by atoms with Crippen LogP contribution >= 0.6 is 11.6 Å². The van der Waals surface area contributed by atoms with Crippen LogP contribution in [0, 0.1) is 35.5 Å². The number of hydrogen-bond donors (Lipinski definition) is 7. The summed E-state index contributed by atoms with van der Waals surface area (Å²) in [6.07, 6.45) is 4.35. The zero-order valence-electron chi connectivity index (χ0n) is 64.9. The van der Waals surface area contributed by atoms with Crippen molar-refractivity contribution < 1.29 is 90.2 Å². The van der Waals surface area contributed by atoms with Gasteiger partial charge >= 0.3 is 0 Å². The van der Waals surface area contributed by atoms with Crippen molar-refractivity contribution in [3.63, 3.8) is 0 Å². The molecule has 7 rings (SSSR count). The molecule has 1 aliphatic heterocycles. The van der Waals surface area contributed by atoms with E-state index in [2.05, 4.69) is 55.6 Å². The van der Waals surface area contributed by atoms with Crippen molar-refractivity contribution in [2.45, 2.75) is 194 Å². The molecule has 0 unspecified atom stereocenters. The molecule has 587 valence electrons. The van der Waals surface area contributed by atoms with E-state index < -0.39 is 125 Å². The number of rotatable bonds is 44. The summed E-state index contributed by atoms with van der Waals surface area (Å²) in [4.78, 5) is 180. The Labute approximate surface area is 677 Å². The number of nitrogens with zero attached hydrogens (tertiary/aromatic N) is 3. The van der Waals surface area contributed by atoms with Crippen LogP contribution in [0.4, 0.5) is 16.2 Å². The van der Waals surface area contributed by atoms with Gasteiger partial charge in [0.25, 0.3) is 0 Å². The van der Waals surface area contributed by atoms with Crippen molar-refractivity contribution in [2.75, 3.05) is 38.2 Å². The minimum absolute atomic E-state index is 0. The maximum Gasteiger partial charge on any atom is 0.226 e. The third-order valence-electron chi connectivity index (χ3n) is 20.6. The zero-order valence-corrected chi connectivity index (χ0v) is 68.5. The smallest absolute Gasteiger partial charge is 0.226 e. The molecule has 1 aliphatic rings. The number of ketones is 5. The summed E-state index contributed by atoms with van der Waals surface area (Å²) < 4.78 is 0. The number of fused-ring (bicyclic) bond motifs is 1. The first kappa shape index (κ1) is 90.0. The second-order valence-corrected chi connectivity index (χ2v) is 30.4. The molecule has 2 heterocycles. The predicted molar refractivity (Wildman–Crippen MR) is 424 cm³/mol. The van der Waals surface area contributed by atoms with E-state index in [9.17, 15) is 28.8 Å². The van der Waals surface area contributed by atoms with Gasteiger partial charge in [-0.2, -0.15) is 0 Å². The minimum atomic E-state index is -1.32. The number of aromatic nitrogens is 1. The topological polar surface area (TPSA) is 346 Å². The van der Waals surface area contributed by atoms with Crippen LogP contribution in [-0.4, -0.2) is 149 Å². The Bertz CT molecular complexity index is 4110. The minimum Gasteiger partial charge on any atom is -0.447 e. The van der Waals surface area contributed by atoms with E-state index in [0.29, 0.717) is 70.9 Å². The molecule has 10 atom stereocenters. The van der Waals surface area contributed by atoms with Crippen molar-refractivity contribution >= 4 is 104 Å². The number of hydrogen-bond acceptors (Lipinski definition) is 15. The summed E-state index contributed by atoms with van der Waals surface area (Å²) in [5, 5.41) is 19.1. The number of unbranched alkanes of at least 4 members (excludes halogenated alkanes) is 1. The summed E-state index contributed by atoms with van der Waals surface area (Å²) in [6.45, 7) is 13.7. The number of likely N-dealkylation sites (tertiary alicyclic amines) is 1. The molecule has 0 spiro atoms. The van der Waals surface area contributed by atoms with Gasteiger partial charge in [-0.15, -0.1) is 0 Å². The second kappa shape index (κ2) is 44.8. The second-order valence-electron chi connectivity index (χ2n) is 30.0. The van der Waals surface area contributed by atoms with E-state index in [4.69, 9.17) is 23.1 Å². The summed E-state index contributed by atoms with van der Waals surface area (Å²) in [7, 11) is 3.51. The Balaban J connectivity index is 0.0000189. The van der Waals surface area contributed by atoms with E-state index in [1.165, 1.54) is 14.0 Å². The third kappa shape index (κ3) is 28.8. The Morgan fingerprint density at radius 3 is 1.65 bits per heavy atom. The van der Waals surface area contributed by atoms with Gasteiger partial charge in [-0.25, -0.2) is 0 Å². The fourth-order valence-corrected chi connectivity index (χ4v) is 14.2. The zero-order chi connectivity index (χ0) is 79.4. The number of Topliss-reactive ketones (excluding diaryl/α,β-unsaturated/α-hetero) is 5. The van der Waals surface area contributed by atoms with Crippen molar-refractivity contribution in [2.24, 2.45) is 35.5 Å². The van der Waals surface area contributed by atoms with Crippen LogP contribution in [0.3, 0.4) is 0 Å². The van der Waals surface area contributed by atoms with E-state index in [0.717, 1.165) is 29.3 Å². The molecule has 23 nitrogen and oxygen atoms in total. The quantitative estimate of drug-likeness (QED) is 0.0138. The van der Waals surface area contributed by atoms with Gasteiger partial charge in [0.2, 0.25) is 35.4 Å². The molecule has 1 saturated heterocycles. The Kier molecular flexibility index (Phi) is 36.7. The number of urea groups is 1. The normalized spacial score (nSPS) is 15.2. The molecule has 25 heteroatoms. The number of halogens is 1. The first-order valence-electron chi connectivity index (χ1n) is 38.1. The van der Waals surface area contributed by atoms with Crippen LogP contribution in [0.2, 0.25) is 5.02 Å². The number of nitrogen functional groups attached to an aromatic ring is 1. The van der Waals surface area contributed by atoms with Gasteiger partial charge in [0.15, 0.2) is 34.9 Å². The summed E-state index contributed by atoms with van der Waals surface area (Å²) in [5.74, 6) is -10.3. The number of carbonyl (C=O) groups excluding carboxylic acids is 12. The van der Waals surface area contributed by atoms with Gasteiger partial charge in [0.1, 0.15) is 0 Å². The standard InChI is InChI=1S/C85H110ClN11O12.Y/c1-10-61(47-75(99)73(46-60-17-15-36-90-51-60)95-83(107)65(41-56-23-30-67(86)31-24-56)49-77(101)71(91-55(7)98)45-59-22-29-62-18-11-12-19-63(62)43-59)81(105)94-72(44-58-25-32-68(87)33-26-58)78(102)50-66(42-57-27-34-69(35-28-57)92-85(88)109)82(106)93-70(39-52(2)3)76(100)48-64(20-13-14-37-96(9)53(4)5)84(108)97-38-16-21-74(97)79(103)40-54(6)80(104)89-8;/h11-12,15,17-19,22-36,43,51-54,61,64-66,70-74H,10,13-14,16,20-21,37-42,44-50,87H2,1-9H3,(H8,88,89,91,92,93,94,95,98,104,105,106,107,109);/p-1/t54-,61+,64+,65-,66-,70-,71+,72-,73+,74-;/m0./s1. The average molecular weight is 1600 g/mol. The maximum absolute atomic E-state index is 15.4. The SMILES string of the molecule is CC[C@H](CC(=O)[C@@H](Cc1cccnc1)NC(=O)[C@H](CC(=O)[C@@H](Cc1ccc2ccccc2c1)NC(C)=O)Cc1ccc(Cl)cc1)C(=O)N[C@@H](Cc1ccc(N)cc1)C(=O)C[C@H](Cc1ccc(NC([NH-])=O)cc1)C(=O)N[C@@H](CC(C)C)C(=O)C[C@@H](CCCCN(C)C(C)C)C(=O)N1CCC[C@H]1C(=O)C[C@H](C)C(=O)NC.[Y]. The Morgan fingerprint density at radius 1 is 0.582 bits per heavy atom. The molecular weight excluding hydrogens is 1490 g/mol. The van der Waals surface area contributed by atoms with Crippen molar-refractivity contribution in [1.29, 1.82) is 0 Å². The molecule has 1 fully saturated rings. The molecule has 110 heavy (non-hydrogen) atoms. The first-order valence-corrected chi connectivity index (χ1v) is 38.5. The monoisotopic (exact) mass is 1600 g/mol. The number of pyridine rings is 1. The summed E-state index contributed by atoms with van der Waals surface area (Å²) in [5.41, 5.74) is 17.5. The van der Waals surface area contributed by atoms with Gasteiger partial charge in [-0.1, -0.05) is 143 Å². The van der Waals surface area contributed by atoms with E-state index in [1.54, 1.807) is 116 Å². The number of anilines is 2. The number of amides is 8. The summed E-state index contributed by atoms with van der Waals surface area (Å²) >= 11 is 6.30. The van der Waals surface area contributed by atoms with Crippen LogP contribution in [0.25, 0.3) is 16.5 Å². The maximum atomic E-state index is 15.4. The molecule has 1 aromatic heterocycles. The number of carbonyl (C=O) groups is 12. The molecule has 0 aliphatic carbocycles. The van der Waals surface area contributed by atoms with Crippen LogP contribution in [-0.2, 0) is 118 Å². The van der Waals surface area contributed by atoms with Crippen molar-refractivity contribution in [3.05, 3.63) is 178 Å². The van der Waals surface area contributed by atoms with Crippen LogP contribution < -0.4 is 37.6 Å². The van der Waals surface area contributed by atoms with Crippen LogP contribution in [0.5, 0.6) is 0 Å². The van der Waals surface area contributed by atoms with Crippen molar-refractivity contribution in [1.82, 2.24) is 41.4 Å². The van der Waals surface area contributed by atoms with Crippen LogP contribution in [0.1, 0.15) is 153 Å². The molecule has 0 bridgehead atoms. The van der Waals surface area contributed by atoms with Gasteiger partial charge in [-0.05, 0) is 172 Å². The third-order valence-corrected chi connectivity index (χ3v) is 20.8. The van der Waals surface area contributed by atoms with Gasteiger partial charge in [0.05, 0.1) is 30.2 Å². The molecule has 6 aromatic rings. The van der Waals surface area contributed by atoms with Crippen molar-refractivity contribution in [3.8, 4) is 0 Å². The van der Waals surface area contributed by atoms with Crippen LogP contribution in [0.15, 0.2) is 140 Å². The van der Waals surface area contributed by atoms with E-state index in [-0.39, 0.29) is 126 Å². The summed E-state index contributed by atoms with van der Waals surface area (Å²) in [6, 6.07) is 30.5. The fourth-order valence-electron chi connectivity index (χ4n) is 14.1. The van der Waals surface area contributed by atoms with E-state index >= 15 is 28.8 Å². The fraction of sp³-hybridized carbons (Fsp3) is 0.471. The largest absolute Gasteiger partial charge is 0.447 e. The first-order chi connectivity index (χ1) is 52.0. The van der Waals surface area contributed by atoms with Gasteiger partial charge < -0.3 is 53.2 Å². The van der Waals surface area contributed by atoms with Gasteiger partial charge in [0, 0.05) is 150 Å². The molecule has 5 aromatic carbocycles.